The first-order valence-electron chi connectivity index (χ1n) is 9.99. The van der Waals surface area contributed by atoms with Crippen LogP contribution in [-0.4, -0.2) is 25.1 Å². The van der Waals surface area contributed by atoms with E-state index >= 15 is 4.39 Å². The van der Waals surface area contributed by atoms with Gasteiger partial charge in [0.05, 0.1) is 17.5 Å². The second-order valence-electron chi connectivity index (χ2n) is 7.99. The molecule has 0 spiro atoms. The Morgan fingerprint density at radius 2 is 2.07 bits per heavy atom. The Morgan fingerprint density at radius 1 is 1.33 bits per heavy atom. The molecule has 1 heterocycles. The van der Waals surface area contributed by atoms with Gasteiger partial charge in [-0.2, -0.15) is 0 Å². The van der Waals surface area contributed by atoms with Gasteiger partial charge in [0.2, 0.25) is 5.91 Å². The number of carbonyl (C=O) groups is 1. The third-order valence-corrected chi connectivity index (χ3v) is 5.91. The average molecular weight is 373 g/mol. The molecular formula is C21H28FN3O2. The predicted octanol–water partition coefficient (Wildman–Crippen LogP) is 3.31. The van der Waals surface area contributed by atoms with Crippen molar-refractivity contribution in [3.63, 3.8) is 0 Å². The summed E-state index contributed by atoms with van der Waals surface area (Å²) in [5.41, 5.74) is 8.39. The summed E-state index contributed by atoms with van der Waals surface area (Å²) in [4.78, 5) is 14.6. The number of amides is 1. The lowest BCUT2D eigenvalue weighted by molar-refractivity contribution is -0.120. The van der Waals surface area contributed by atoms with Gasteiger partial charge in [0.15, 0.2) is 0 Å². The number of benzene rings is 1. The van der Waals surface area contributed by atoms with Gasteiger partial charge < -0.3 is 20.7 Å². The van der Waals surface area contributed by atoms with Gasteiger partial charge in [-0.3, -0.25) is 4.79 Å². The molecule has 5 nitrogen and oxygen atoms in total. The minimum Gasteiger partial charge on any atom is -0.489 e. The highest BCUT2D eigenvalue weighted by Gasteiger charge is 2.41. The smallest absolute Gasteiger partial charge is 0.230 e. The van der Waals surface area contributed by atoms with E-state index in [4.69, 9.17) is 10.5 Å². The van der Waals surface area contributed by atoms with Crippen LogP contribution < -0.4 is 20.7 Å². The molecule has 0 radical (unpaired) electrons. The molecule has 1 unspecified atom stereocenters. The Kier molecular flexibility index (Phi) is 4.74. The second-order valence-corrected chi connectivity index (χ2v) is 7.99. The highest BCUT2D eigenvalue weighted by molar-refractivity contribution is 5.99. The summed E-state index contributed by atoms with van der Waals surface area (Å²) in [5.74, 6) is 0.348. The molecule has 146 valence electrons. The maximum Gasteiger partial charge on any atom is 0.230 e. The maximum atomic E-state index is 15.3. The lowest BCUT2D eigenvalue weighted by Crippen LogP contribution is -2.44. The van der Waals surface area contributed by atoms with Crippen LogP contribution in [0.25, 0.3) is 5.70 Å². The van der Waals surface area contributed by atoms with Crippen molar-refractivity contribution in [1.82, 2.24) is 5.32 Å². The first-order valence-corrected chi connectivity index (χ1v) is 9.99. The largest absolute Gasteiger partial charge is 0.489 e. The zero-order chi connectivity index (χ0) is 19.1. The molecule has 3 aliphatic rings. The van der Waals surface area contributed by atoms with Crippen molar-refractivity contribution >= 4 is 17.3 Å². The van der Waals surface area contributed by atoms with Crippen molar-refractivity contribution in [1.29, 1.82) is 0 Å². The Morgan fingerprint density at radius 3 is 2.67 bits per heavy atom. The van der Waals surface area contributed by atoms with E-state index in [0.717, 1.165) is 44.1 Å². The lowest BCUT2D eigenvalue weighted by Gasteiger charge is -2.38. The third-order valence-electron chi connectivity index (χ3n) is 5.91. The molecule has 1 amide bonds. The van der Waals surface area contributed by atoms with Gasteiger partial charge >= 0.3 is 0 Å². The predicted molar refractivity (Wildman–Crippen MR) is 104 cm³/mol. The summed E-state index contributed by atoms with van der Waals surface area (Å²) in [6, 6.07) is 1.43. The zero-order valence-electron chi connectivity index (χ0n) is 16.1. The molecule has 2 saturated carbocycles. The van der Waals surface area contributed by atoms with Gasteiger partial charge in [-0.15, -0.1) is 0 Å². The molecule has 1 atom stereocenters. The minimum atomic E-state index is -0.394. The topological polar surface area (TPSA) is 67.6 Å². The van der Waals surface area contributed by atoms with Crippen LogP contribution in [0.3, 0.4) is 0 Å². The van der Waals surface area contributed by atoms with Crippen molar-refractivity contribution in [3.8, 4) is 5.75 Å². The molecule has 3 N–H and O–H groups in total. The molecule has 1 aromatic rings. The number of nitrogens with one attached hydrogen (secondary N) is 1. The number of hydrogen-bond donors (Lipinski definition) is 2. The summed E-state index contributed by atoms with van der Waals surface area (Å²) in [6.07, 6.45) is 8.23. The van der Waals surface area contributed by atoms with Crippen molar-refractivity contribution in [2.75, 3.05) is 11.9 Å². The standard InChI is InChI=1S/C21H28FN3O2/c1-12-6-9-15-19(25(12)21(26)13-7-8-13)17(22)10-16(18(23)11-24-2)20(15)27-14-4-3-5-14/h10-14,24H,3-9,23H2,1-2H3/b18-11-. The van der Waals surface area contributed by atoms with Gasteiger partial charge in [-0.05, 0) is 57.9 Å². The number of ether oxygens (including phenoxy) is 1. The fraction of sp³-hybridized carbons (Fsp3) is 0.571. The number of nitrogens with zero attached hydrogens (tertiary/aromatic N) is 1. The Bertz CT molecular complexity index is 784. The first kappa shape index (κ1) is 18.1. The van der Waals surface area contributed by atoms with E-state index in [1.54, 1.807) is 18.1 Å². The third kappa shape index (κ3) is 3.26. The van der Waals surface area contributed by atoms with Crippen LogP contribution in [-0.2, 0) is 11.2 Å². The zero-order valence-corrected chi connectivity index (χ0v) is 16.1. The Hall–Kier alpha value is -2.24. The van der Waals surface area contributed by atoms with Gasteiger partial charge in [0, 0.05) is 36.3 Å². The fourth-order valence-electron chi connectivity index (χ4n) is 3.96. The van der Waals surface area contributed by atoms with Crippen molar-refractivity contribution < 1.29 is 13.9 Å². The number of halogens is 1. The molecule has 27 heavy (non-hydrogen) atoms. The molecule has 1 aromatic carbocycles. The minimum absolute atomic E-state index is 0.00676. The molecule has 2 fully saturated rings. The van der Waals surface area contributed by atoms with Crippen LogP contribution in [0.1, 0.15) is 56.6 Å². The van der Waals surface area contributed by atoms with Crippen LogP contribution in [0, 0.1) is 11.7 Å². The van der Waals surface area contributed by atoms with Crippen LogP contribution in [0.2, 0.25) is 0 Å². The van der Waals surface area contributed by atoms with Gasteiger partial charge in [0.25, 0.3) is 0 Å². The Labute approximate surface area is 159 Å². The van der Waals surface area contributed by atoms with E-state index in [0.29, 0.717) is 29.1 Å². The van der Waals surface area contributed by atoms with Crippen LogP contribution in [0.15, 0.2) is 12.3 Å². The van der Waals surface area contributed by atoms with Crippen LogP contribution in [0.5, 0.6) is 5.75 Å². The highest BCUT2D eigenvalue weighted by Crippen LogP contribution is 2.45. The first-order chi connectivity index (χ1) is 13.0. The monoisotopic (exact) mass is 373 g/mol. The SMILES string of the molecule is CN/C=C(\N)c1cc(F)c2c(c1OC1CCC1)CCC(C)N2C(=O)C1CC1. The van der Waals surface area contributed by atoms with Crippen molar-refractivity contribution in [2.24, 2.45) is 11.7 Å². The number of hydrogen-bond acceptors (Lipinski definition) is 4. The van der Waals surface area contributed by atoms with E-state index < -0.39 is 5.82 Å². The Balaban J connectivity index is 1.84. The van der Waals surface area contributed by atoms with E-state index in [1.165, 1.54) is 6.07 Å². The fourth-order valence-corrected chi connectivity index (χ4v) is 3.96. The summed E-state index contributed by atoms with van der Waals surface area (Å²) in [7, 11) is 1.76. The summed E-state index contributed by atoms with van der Waals surface area (Å²) < 4.78 is 21.5. The van der Waals surface area contributed by atoms with Crippen molar-refractivity contribution in [2.45, 2.75) is 64.0 Å². The average Bonchev–Trinajstić information content (AvgIpc) is 3.44. The van der Waals surface area contributed by atoms with E-state index in [-0.39, 0.29) is 24.0 Å². The van der Waals surface area contributed by atoms with Crippen LogP contribution >= 0.6 is 0 Å². The van der Waals surface area contributed by atoms with Gasteiger partial charge in [0.1, 0.15) is 11.6 Å². The molecule has 1 aliphatic heterocycles. The van der Waals surface area contributed by atoms with E-state index in [2.05, 4.69) is 5.32 Å². The second kappa shape index (κ2) is 7.06. The number of anilines is 1. The number of carbonyl (C=O) groups excluding carboxylic acids is 1. The van der Waals surface area contributed by atoms with Crippen molar-refractivity contribution in [3.05, 3.63) is 29.2 Å². The molecule has 2 aliphatic carbocycles. The molecule has 0 aromatic heterocycles. The summed E-state index contributed by atoms with van der Waals surface area (Å²) >= 11 is 0. The van der Waals surface area contributed by atoms with E-state index in [9.17, 15) is 4.79 Å². The number of fused-ring (bicyclic) bond motifs is 1. The number of rotatable bonds is 5. The van der Waals surface area contributed by atoms with Crippen LogP contribution in [0.4, 0.5) is 10.1 Å². The van der Waals surface area contributed by atoms with Gasteiger partial charge in [-0.25, -0.2) is 4.39 Å². The van der Waals surface area contributed by atoms with Gasteiger partial charge in [-0.1, -0.05) is 0 Å². The normalized spacial score (nSPS) is 22.9. The maximum absolute atomic E-state index is 15.3. The summed E-state index contributed by atoms with van der Waals surface area (Å²) in [5, 5.41) is 2.90. The molecule has 4 rings (SSSR count). The number of nitrogens with two attached hydrogens (primary N) is 1. The quantitative estimate of drug-likeness (QED) is 0.831. The molecular weight excluding hydrogens is 345 g/mol. The summed E-state index contributed by atoms with van der Waals surface area (Å²) in [6.45, 7) is 2.00. The highest BCUT2D eigenvalue weighted by atomic mass is 19.1. The molecule has 0 saturated heterocycles. The molecule has 0 bridgehead atoms. The lowest BCUT2D eigenvalue weighted by atomic mass is 9.91. The van der Waals surface area contributed by atoms with E-state index in [1.807, 2.05) is 6.92 Å². The molecule has 6 heteroatoms.